The molecule has 0 saturated heterocycles. The molecule has 5 saturated carbocycles. The summed E-state index contributed by atoms with van der Waals surface area (Å²) in [6, 6.07) is 0. The minimum Gasteiger partial charge on any atom is -0.379 e. The molecular weight excluding hydrogens is 785 g/mol. The van der Waals surface area contributed by atoms with Crippen molar-refractivity contribution in [2.24, 2.45) is 65.1 Å². The fraction of sp³-hybridized carbons (Fsp3) is 0.900. The molecule has 0 aromatic heterocycles. The highest BCUT2D eigenvalue weighted by Crippen LogP contribution is 2.59. The van der Waals surface area contributed by atoms with Crippen LogP contribution in [0.2, 0.25) is 0 Å². The van der Waals surface area contributed by atoms with Gasteiger partial charge < -0.3 is 18.9 Å². The molecule has 0 aromatic rings. The van der Waals surface area contributed by atoms with E-state index in [-0.39, 0.29) is 6.10 Å². The van der Waals surface area contributed by atoms with E-state index in [0.29, 0.717) is 32.5 Å². The third kappa shape index (κ3) is 17.9. The van der Waals surface area contributed by atoms with E-state index in [1.54, 1.807) is 5.57 Å². The van der Waals surface area contributed by atoms with E-state index in [2.05, 4.69) is 58.1 Å². The quantitative estimate of drug-likeness (QED) is 0.0498. The van der Waals surface area contributed by atoms with Crippen LogP contribution in [0.1, 0.15) is 227 Å². The van der Waals surface area contributed by atoms with Gasteiger partial charge in [0, 0.05) is 6.61 Å². The third-order valence-electron chi connectivity index (χ3n) is 18.1. The van der Waals surface area contributed by atoms with Gasteiger partial charge in [0.1, 0.15) is 0 Å². The van der Waals surface area contributed by atoms with Gasteiger partial charge >= 0.3 is 0 Å². The molecule has 6 aliphatic carbocycles. The Bertz CT molecular complexity index is 1300. The molecule has 8 unspecified atom stereocenters. The SMILES string of the molecule is CCCCCC=CCC=CCCCCCCCCOCC(CC1CCC2CCCC[C@H]2C1)OCCOCCO[C@H]1CCC2C(=CCC3C2CCC2C3CC[C@@H]2[C@H](C)CCCC(C)C)C1. The van der Waals surface area contributed by atoms with Crippen LogP contribution >= 0.6 is 0 Å². The molecule has 4 nitrogen and oxygen atoms in total. The number of allylic oxidation sites excluding steroid dienone is 5. The first kappa shape index (κ1) is 52.4. The number of fused-ring (bicyclic) bond motifs is 6. The topological polar surface area (TPSA) is 36.9 Å². The van der Waals surface area contributed by atoms with Crippen LogP contribution in [0, 0.1) is 65.1 Å². The van der Waals surface area contributed by atoms with Gasteiger partial charge in [-0.15, -0.1) is 0 Å². The summed E-state index contributed by atoms with van der Waals surface area (Å²) >= 11 is 0. The maximum Gasteiger partial charge on any atom is 0.0812 e. The maximum absolute atomic E-state index is 6.57. The first-order chi connectivity index (χ1) is 31.5. The Hall–Kier alpha value is -0.940. The summed E-state index contributed by atoms with van der Waals surface area (Å²) in [6.07, 6.45) is 54.9. The third-order valence-corrected chi connectivity index (χ3v) is 18.1. The fourth-order valence-electron chi connectivity index (χ4n) is 14.6. The summed E-state index contributed by atoms with van der Waals surface area (Å²) in [5.74, 6) is 10.3. The lowest BCUT2D eigenvalue weighted by atomic mass is 9.56. The second-order valence-corrected chi connectivity index (χ2v) is 23.2. The van der Waals surface area contributed by atoms with Gasteiger partial charge in [0.2, 0.25) is 0 Å². The number of hydrogen-bond acceptors (Lipinski definition) is 4. The summed E-state index contributed by atoms with van der Waals surface area (Å²) < 4.78 is 25.6. The molecule has 0 aliphatic heterocycles. The van der Waals surface area contributed by atoms with Crippen LogP contribution in [0.4, 0.5) is 0 Å². The van der Waals surface area contributed by atoms with Gasteiger partial charge in [0.25, 0.3) is 0 Å². The van der Waals surface area contributed by atoms with Crippen molar-refractivity contribution in [1.82, 2.24) is 0 Å². The second kappa shape index (κ2) is 30.5. The van der Waals surface area contributed by atoms with Gasteiger partial charge in [0.15, 0.2) is 0 Å². The Morgan fingerprint density at radius 2 is 1.36 bits per heavy atom. The molecule has 12 atom stereocenters. The number of rotatable bonds is 32. The standard InChI is InChI=1S/C60H104O4/c1-5-6-7-8-9-10-11-12-13-14-15-16-17-18-19-22-38-62-46-54(44-49-28-29-50-26-20-21-27-51(50)43-49)64-42-40-61-39-41-63-53-31-33-56-52(45-53)30-32-59-58(56)37-36-57-55(34-35-60(57)59)48(4)25-23-24-47(2)3/h9-10,12-13,30,47-51,53-60H,5-8,11,14-29,31-46H2,1-4H3/t48-,49?,50?,51+,53+,54?,55-,56?,57?,58?,59?,60?/m1/s1. The molecular formula is C60H104O4. The molecule has 6 aliphatic rings. The zero-order valence-electron chi connectivity index (χ0n) is 42.7. The Morgan fingerprint density at radius 3 is 2.19 bits per heavy atom. The van der Waals surface area contributed by atoms with Crippen molar-refractivity contribution in [2.45, 2.75) is 239 Å². The normalized spacial score (nSPS) is 31.5. The fourth-order valence-corrected chi connectivity index (χ4v) is 14.6. The maximum atomic E-state index is 6.57. The van der Waals surface area contributed by atoms with Crippen LogP contribution in [0.5, 0.6) is 0 Å². The van der Waals surface area contributed by atoms with Crippen molar-refractivity contribution in [3.05, 3.63) is 36.0 Å². The minimum atomic E-state index is 0.196. The summed E-state index contributed by atoms with van der Waals surface area (Å²) in [7, 11) is 0. The highest BCUT2D eigenvalue weighted by Gasteiger charge is 2.50. The van der Waals surface area contributed by atoms with Gasteiger partial charge in [-0.3, -0.25) is 0 Å². The predicted molar refractivity (Wildman–Crippen MR) is 272 cm³/mol. The van der Waals surface area contributed by atoms with Crippen molar-refractivity contribution in [1.29, 1.82) is 0 Å². The zero-order chi connectivity index (χ0) is 44.6. The van der Waals surface area contributed by atoms with Crippen LogP contribution in [0.3, 0.4) is 0 Å². The average Bonchev–Trinajstić information content (AvgIpc) is 3.75. The van der Waals surface area contributed by atoms with E-state index < -0.39 is 0 Å². The molecule has 368 valence electrons. The first-order valence-electron chi connectivity index (χ1n) is 28.9. The van der Waals surface area contributed by atoms with Crippen LogP contribution in [0.15, 0.2) is 36.0 Å². The number of unbranched alkanes of at least 4 members (excludes halogenated alkanes) is 9. The van der Waals surface area contributed by atoms with Crippen LogP contribution in [-0.4, -0.2) is 51.8 Å². The van der Waals surface area contributed by atoms with Crippen molar-refractivity contribution < 1.29 is 18.9 Å². The lowest BCUT2D eigenvalue weighted by molar-refractivity contribution is -0.0624. The molecule has 5 fully saturated rings. The first-order valence-corrected chi connectivity index (χ1v) is 28.9. The van der Waals surface area contributed by atoms with E-state index in [4.69, 9.17) is 18.9 Å². The van der Waals surface area contributed by atoms with E-state index in [9.17, 15) is 0 Å². The Kier molecular flexibility index (Phi) is 25.0. The molecule has 0 bridgehead atoms. The van der Waals surface area contributed by atoms with Crippen LogP contribution < -0.4 is 0 Å². The predicted octanol–water partition coefficient (Wildman–Crippen LogP) is 16.9. The lowest BCUT2D eigenvalue weighted by Crippen LogP contribution is -2.42. The highest BCUT2D eigenvalue weighted by molar-refractivity contribution is 5.19. The Labute approximate surface area is 397 Å². The molecule has 0 amide bonds. The zero-order valence-corrected chi connectivity index (χ0v) is 42.7. The summed E-state index contributed by atoms with van der Waals surface area (Å²) in [5.41, 5.74) is 1.76. The Balaban J connectivity index is 0.813. The smallest absolute Gasteiger partial charge is 0.0812 e. The van der Waals surface area contributed by atoms with E-state index in [1.807, 2.05) is 0 Å². The summed E-state index contributed by atoms with van der Waals surface area (Å²) in [6.45, 7) is 14.0. The van der Waals surface area contributed by atoms with Crippen molar-refractivity contribution in [2.75, 3.05) is 39.6 Å². The minimum absolute atomic E-state index is 0.196. The van der Waals surface area contributed by atoms with Crippen LogP contribution in [-0.2, 0) is 18.9 Å². The summed E-state index contributed by atoms with van der Waals surface area (Å²) in [4.78, 5) is 0. The van der Waals surface area contributed by atoms with Gasteiger partial charge in [-0.25, -0.2) is 0 Å². The van der Waals surface area contributed by atoms with E-state index in [0.717, 1.165) is 91.2 Å². The molecule has 4 heteroatoms. The van der Waals surface area contributed by atoms with Gasteiger partial charge in [0.05, 0.1) is 45.2 Å². The molecule has 64 heavy (non-hydrogen) atoms. The monoisotopic (exact) mass is 889 g/mol. The van der Waals surface area contributed by atoms with Crippen molar-refractivity contribution >= 4 is 0 Å². The van der Waals surface area contributed by atoms with Gasteiger partial charge in [-0.05, 0) is 174 Å². The second-order valence-electron chi connectivity index (χ2n) is 23.2. The van der Waals surface area contributed by atoms with Crippen molar-refractivity contribution in [3.63, 3.8) is 0 Å². The molecule has 0 heterocycles. The lowest BCUT2D eigenvalue weighted by Gasteiger charge is -2.50. The Morgan fingerprint density at radius 1 is 0.609 bits per heavy atom. The largest absolute Gasteiger partial charge is 0.379 e. The number of ether oxygens (including phenoxy) is 4. The highest BCUT2D eigenvalue weighted by atomic mass is 16.6. The van der Waals surface area contributed by atoms with Gasteiger partial charge in [-0.2, -0.15) is 0 Å². The van der Waals surface area contributed by atoms with Gasteiger partial charge in [-0.1, -0.05) is 154 Å². The van der Waals surface area contributed by atoms with E-state index >= 15 is 0 Å². The molecule has 6 rings (SSSR count). The van der Waals surface area contributed by atoms with Crippen molar-refractivity contribution in [3.8, 4) is 0 Å². The molecule has 0 N–H and O–H groups in total. The van der Waals surface area contributed by atoms with E-state index in [1.165, 1.54) is 186 Å². The van der Waals surface area contributed by atoms with Crippen LogP contribution in [0.25, 0.3) is 0 Å². The molecule has 0 radical (unpaired) electrons. The molecule has 0 aromatic carbocycles. The average molecular weight is 889 g/mol. The number of hydrogen-bond donors (Lipinski definition) is 0. The molecule has 0 spiro atoms. The summed E-state index contributed by atoms with van der Waals surface area (Å²) in [5, 5.41) is 0.